The third-order valence-corrected chi connectivity index (χ3v) is 3.02. The first-order valence-electron chi connectivity index (χ1n) is 6.07. The Morgan fingerprint density at radius 3 is 2.85 bits per heavy atom. The van der Waals surface area contributed by atoms with Gasteiger partial charge in [0.2, 0.25) is 0 Å². The number of nitrogens with one attached hydrogen (secondary N) is 1. The van der Waals surface area contributed by atoms with E-state index >= 15 is 0 Å². The highest BCUT2D eigenvalue weighted by Gasteiger charge is 2.15. The van der Waals surface area contributed by atoms with Crippen LogP contribution in [0.25, 0.3) is 0 Å². The number of aryl methyl sites for hydroxylation is 1. The SMILES string of the molecule is COc1ccc(NCc2cnccc2C)c([N+](=O)[O-])c1. The fourth-order valence-corrected chi connectivity index (χ4v) is 1.81. The van der Waals surface area contributed by atoms with Crippen molar-refractivity contribution in [2.24, 2.45) is 0 Å². The van der Waals surface area contributed by atoms with Gasteiger partial charge < -0.3 is 10.1 Å². The number of hydrogen-bond acceptors (Lipinski definition) is 5. The standard InChI is InChI=1S/C14H15N3O3/c1-10-5-6-15-8-11(10)9-16-13-4-3-12(20-2)7-14(13)17(18)19/h3-8,16H,9H2,1-2H3. The maximum Gasteiger partial charge on any atom is 0.296 e. The molecule has 0 unspecified atom stereocenters. The summed E-state index contributed by atoms with van der Waals surface area (Å²) in [5.41, 5.74) is 2.53. The Kier molecular flexibility index (Phi) is 4.14. The first-order valence-corrected chi connectivity index (χ1v) is 6.07. The van der Waals surface area contributed by atoms with Crippen molar-refractivity contribution in [2.75, 3.05) is 12.4 Å². The molecule has 2 aromatic rings. The van der Waals surface area contributed by atoms with Crippen LogP contribution in [-0.4, -0.2) is 17.0 Å². The van der Waals surface area contributed by atoms with Gasteiger partial charge in [-0.2, -0.15) is 0 Å². The summed E-state index contributed by atoms with van der Waals surface area (Å²) in [5.74, 6) is 0.458. The van der Waals surface area contributed by atoms with Crippen molar-refractivity contribution in [3.05, 3.63) is 57.9 Å². The van der Waals surface area contributed by atoms with E-state index in [1.165, 1.54) is 13.2 Å². The van der Waals surface area contributed by atoms with E-state index in [9.17, 15) is 10.1 Å². The van der Waals surface area contributed by atoms with Crippen molar-refractivity contribution < 1.29 is 9.66 Å². The highest BCUT2D eigenvalue weighted by atomic mass is 16.6. The Morgan fingerprint density at radius 2 is 2.20 bits per heavy atom. The Labute approximate surface area is 116 Å². The summed E-state index contributed by atoms with van der Waals surface area (Å²) in [4.78, 5) is 14.7. The lowest BCUT2D eigenvalue weighted by atomic mass is 10.1. The van der Waals surface area contributed by atoms with Gasteiger partial charge in [0.05, 0.1) is 18.1 Å². The molecule has 0 aliphatic carbocycles. The predicted molar refractivity (Wildman–Crippen MR) is 75.9 cm³/mol. The lowest BCUT2D eigenvalue weighted by Crippen LogP contribution is -2.04. The molecule has 104 valence electrons. The summed E-state index contributed by atoms with van der Waals surface area (Å²) in [6.07, 6.45) is 3.46. The molecule has 0 spiro atoms. The monoisotopic (exact) mass is 273 g/mol. The van der Waals surface area contributed by atoms with Crippen LogP contribution in [0.15, 0.2) is 36.7 Å². The van der Waals surface area contributed by atoms with E-state index in [0.29, 0.717) is 18.0 Å². The number of hydrogen-bond donors (Lipinski definition) is 1. The van der Waals surface area contributed by atoms with Gasteiger partial charge in [-0.3, -0.25) is 15.1 Å². The molecule has 1 aromatic heterocycles. The zero-order valence-electron chi connectivity index (χ0n) is 11.3. The molecule has 0 radical (unpaired) electrons. The quantitative estimate of drug-likeness (QED) is 0.669. The third-order valence-electron chi connectivity index (χ3n) is 3.02. The van der Waals surface area contributed by atoms with Crippen LogP contribution in [0.3, 0.4) is 0 Å². The topological polar surface area (TPSA) is 77.3 Å². The number of benzene rings is 1. The van der Waals surface area contributed by atoms with Crippen molar-refractivity contribution >= 4 is 11.4 Å². The minimum atomic E-state index is -0.430. The van der Waals surface area contributed by atoms with E-state index in [1.54, 1.807) is 24.5 Å². The first-order chi connectivity index (χ1) is 9.61. The molecule has 0 saturated heterocycles. The molecule has 0 aliphatic heterocycles. The molecule has 2 rings (SSSR count). The second-order valence-corrected chi connectivity index (χ2v) is 4.30. The number of anilines is 1. The number of pyridine rings is 1. The molecule has 0 saturated carbocycles. The molecule has 0 atom stereocenters. The van der Waals surface area contributed by atoms with Crippen molar-refractivity contribution in [3.8, 4) is 5.75 Å². The van der Waals surface area contributed by atoms with Gasteiger partial charge in [-0.05, 0) is 36.2 Å². The van der Waals surface area contributed by atoms with E-state index in [-0.39, 0.29) is 5.69 Å². The molecule has 1 N–H and O–H groups in total. The zero-order valence-corrected chi connectivity index (χ0v) is 11.3. The number of nitrogens with zero attached hydrogens (tertiary/aromatic N) is 2. The van der Waals surface area contributed by atoms with Crippen LogP contribution in [0.5, 0.6) is 5.75 Å². The van der Waals surface area contributed by atoms with Crippen LogP contribution in [0.2, 0.25) is 0 Å². The van der Waals surface area contributed by atoms with E-state index < -0.39 is 4.92 Å². The van der Waals surface area contributed by atoms with Gasteiger partial charge in [0.1, 0.15) is 11.4 Å². The number of ether oxygens (including phenoxy) is 1. The minimum Gasteiger partial charge on any atom is -0.496 e. The molecule has 0 aliphatic rings. The van der Waals surface area contributed by atoms with Crippen LogP contribution in [0.4, 0.5) is 11.4 Å². The largest absolute Gasteiger partial charge is 0.496 e. The number of nitro groups is 1. The molecule has 0 fully saturated rings. The molecule has 6 nitrogen and oxygen atoms in total. The Morgan fingerprint density at radius 1 is 1.40 bits per heavy atom. The van der Waals surface area contributed by atoms with Gasteiger partial charge in [-0.25, -0.2) is 0 Å². The highest BCUT2D eigenvalue weighted by molar-refractivity contribution is 5.64. The highest BCUT2D eigenvalue weighted by Crippen LogP contribution is 2.29. The summed E-state index contributed by atoms with van der Waals surface area (Å²) in [7, 11) is 1.48. The van der Waals surface area contributed by atoms with Gasteiger partial charge in [0.25, 0.3) is 5.69 Å². The fourth-order valence-electron chi connectivity index (χ4n) is 1.81. The van der Waals surface area contributed by atoms with Crippen molar-refractivity contribution in [1.82, 2.24) is 4.98 Å². The average Bonchev–Trinajstić information content (AvgIpc) is 2.46. The van der Waals surface area contributed by atoms with E-state index in [0.717, 1.165) is 11.1 Å². The molecule has 1 aromatic carbocycles. The second kappa shape index (κ2) is 6.01. The van der Waals surface area contributed by atoms with Crippen LogP contribution in [0.1, 0.15) is 11.1 Å². The fraction of sp³-hybridized carbons (Fsp3) is 0.214. The van der Waals surface area contributed by atoms with Gasteiger partial charge >= 0.3 is 0 Å². The number of aromatic nitrogens is 1. The van der Waals surface area contributed by atoms with Crippen LogP contribution < -0.4 is 10.1 Å². The van der Waals surface area contributed by atoms with E-state index in [4.69, 9.17) is 4.74 Å². The predicted octanol–water partition coefficient (Wildman–Crippen LogP) is 2.92. The van der Waals surface area contributed by atoms with Gasteiger partial charge in [0.15, 0.2) is 0 Å². The smallest absolute Gasteiger partial charge is 0.296 e. The molecule has 6 heteroatoms. The lowest BCUT2D eigenvalue weighted by Gasteiger charge is -2.09. The molecular formula is C14H15N3O3. The molecule has 0 amide bonds. The number of nitro benzene ring substituents is 1. The maximum absolute atomic E-state index is 11.1. The normalized spacial score (nSPS) is 10.1. The first kappa shape index (κ1) is 13.8. The summed E-state index contributed by atoms with van der Waals surface area (Å²) >= 11 is 0. The van der Waals surface area contributed by atoms with Crippen molar-refractivity contribution in [3.63, 3.8) is 0 Å². The van der Waals surface area contributed by atoms with Gasteiger partial charge in [0, 0.05) is 18.9 Å². The van der Waals surface area contributed by atoms with Crippen molar-refractivity contribution in [2.45, 2.75) is 13.5 Å². The van der Waals surface area contributed by atoms with Crippen LogP contribution in [-0.2, 0) is 6.54 Å². The summed E-state index contributed by atoms with van der Waals surface area (Å²) in [5, 5.41) is 14.1. The second-order valence-electron chi connectivity index (χ2n) is 4.30. The summed E-state index contributed by atoms with van der Waals surface area (Å²) in [6.45, 7) is 2.45. The molecule has 0 bridgehead atoms. The van der Waals surface area contributed by atoms with Crippen LogP contribution >= 0.6 is 0 Å². The van der Waals surface area contributed by atoms with E-state index in [1.807, 2.05) is 13.0 Å². The summed E-state index contributed by atoms with van der Waals surface area (Å²) < 4.78 is 5.00. The van der Waals surface area contributed by atoms with Crippen LogP contribution in [0, 0.1) is 17.0 Å². The van der Waals surface area contributed by atoms with Gasteiger partial charge in [-0.1, -0.05) is 0 Å². The summed E-state index contributed by atoms with van der Waals surface area (Å²) in [6, 6.07) is 6.63. The number of rotatable bonds is 5. The molecule has 20 heavy (non-hydrogen) atoms. The Hall–Kier alpha value is -2.63. The minimum absolute atomic E-state index is 0.00843. The third kappa shape index (κ3) is 3.03. The zero-order chi connectivity index (χ0) is 14.5. The van der Waals surface area contributed by atoms with E-state index in [2.05, 4.69) is 10.3 Å². The number of methoxy groups -OCH3 is 1. The maximum atomic E-state index is 11.1. The lowest BCUT2D eigenvalue weighted by molar-refractivity contribution is -0.384. The molecular weight excluding hydrogens is 258 g/mol. The van der Waals surface area contributed by atoms with Crippen molar-refractivity contribution in [1.29, 1.82) is 0 Å². The Balaban J connectivity index is 2.21. The average molecular weight is 273 g/mol. The molecule has 1 heterocycles. The Bertz CT molecular complexity index is 629. The van der Waals surface area contributed by atoms with Gasteiger partial charge in [-0.15, -0.1) is 0 Å².